The van der Waals surface area contributed by atoms with Crippen molar-refractivity contribution >= 4 is 17.4 Å². The molecule has 0 unspecified atom stereocenters. The number of carbonyl (C=O) groups is 1. The van der Waals surface area contributed by atoms with Gasteiger partial charge in [0.2, 0.25) is 0 Å². The highest BCUT2D eigenvalue weighted by molar-refractivity contribution is 8.11. The molecule has 2 heteroatoms. The lowest BCUT2D eigenvalue weighted by atomic mass is 10.1. The Morgan fingerprint density at radius 2 is 1.58 bits per heavy atom. The Morgan fingerprint density at radius 3 is 2.17 bits per heavy atom. The van der Waals surface area contributed by atoms with Crippen LogP contribution >= 0.6 is 11.8 Å². The average Bonchev–Trinajstić information content (AvgIpc) is 2.10. The Kier molecular flexibility index (Phi) is 11.0. The van der Waals surface area contributed by atoms with Crippen LogP contribution in [0.3, 0.4) is 0 Å². The van der Waals surface area contributed by atoms with Gasteiger partial charge in [-0.3, -0.25) is 4.79 Å². The molecule has 0 rings (SSSR count). The minimum absolute atomic E-state index is 0.942. The van der Waals surface area contributed by atoms with E-state index >= 15 is 0 Å². The number of unbranched alkanes of at least 4 members (excludes halogenated alkanes) is 6. The van der Waals surface area contributed by atoms with Crippen LogP contribution in [0.2, 0.25) is 0 Å². The highest BCUT2D eigenvalue weighted by atomic mass is 32.2. The maximum absolute atomic E-state index is 9.94. The molecule has 0 fully saturated rings. The van der Waals surface area contributed by atoms with E-state index in [9.17, 15) is 4.79 Å². The molecule has 1 nitrogen and oxygen atoms in total. The summed E-state index contributed by atoms with van der Waals surface area (Å²) in [5.74, 6) is 1.01. The Morgan fingerprint density at radius 1 is 1.00 bits per heavy atom. The molecule has 0 radical (unpaired) electrons. The van der Waals surface area contributed by atoms with Crippen molar-refractivity contribution in [1.29, 1.82) is 0 Å². The van der Waals surface area contributed by atoms with Crippen LogP contribution in [0.25, 0.3) is 0 Å². The molecule has 0 atom stereocenters. The first-order valence-corrected chi connectivity index (χ1v) is 6.02. The van der Waals surface area contributed by atoms with Gasteiger partial charge in [0.15, 0.2) is 5.62 Å². The molecule has 0 aliphatic rings. The van der Waals surface area contributed by atoms with Crippen LogP contribution in [-0.2, 0) is 4.79 Å². The number of thioether (sulfide) groups is 1. The lowest BCUT2D eigenvalue weighted by Gasteiger charge is -1.98. The first-order valence-electron chi connectivity index (χ1n) is 4.97. The van der Waals surface area contributed by atoms with Crippen molar-refractivity contribution in [1.82, 2.24) is 0 Å². The highest BCUT2D eigenvalue weighted by Gasteiger charge is 1.90. The second kappa shape index (κ2) is 11.0. The van der Waals surface area contributed by atoms with Gasteiger partial charge < -0.3 is 0 Å². The van der Waals surface area contributed by atoms with E-state index in [1.807, 2.05) is 0 Å². The van der Waals surface area contributed by atoms with Crippen LogP contribution in [0.1, 0.15) is 51.9 Å². The standard InChI is InChI=1S/C10H20OS/c1-2-3-4-5-6-7-8-9-12-10-11/h10H,2-9H2,1H3. The fourth-order valence-corrected chi connectivity index (χ4v) is 1.66. The van der Waals surface area contributed by atoms with Crippen molar-refractivity contribution < 1.29 is 4.79 Å². The number of carbonyl (C=O) groups excluding carboxylic acids is 1. The van der Waals surface area contributed by atoms with Gasteiger partial charge in [0.05, 0.1) is 0 Å². The van der Waals surface area contributed by atoms with Crippen LogP contribution in [0, 0.1) is 0 Å². The molecular weight excluding hydrogens is 168 g/mol. The Bertz CT molecular complexity index is 93.8. The zero-order chi connectivity index (χ0) is 9.07. The van der Waals surface area contributed by atoms with Crippen molar-refractivity contribution in [3.8, 4) is 0 Å². The van der Waals surface area contributed by atoms with Gasteiger partial charge in [0.25, 0.3) is 0 Å². The van der Waals surface area contributed by atoms with E-state index in [0.29, 0.717) is 0 Å². The fourth-order valence-electron chi connectivity index (χ4n) is 1.19. The van der Waals surface area contributed by atoms with E-state index in [-0.39, 0.29) is 0 Å². The normalized spacial score (nSPS) is 10.1. The van der Waals surface area contributed by atoms with Gasteiger partial charge in [-0.2, -0.15) is 0 Å². The third kappa shape index (κ3) is 10.0. The van der Waals surface area contributed by atoms with Crippen molar-refractivity contribution in [2.75, 3.05) is 5.75 Å². The summed E-state index contributed by atoms with van der Waals surface area (Å²) in [4.78, 5) is 9.94. The highest BCUT2D eigenvalue weighted by Crippen LogP contribution is 2.08. The van der Waals surface area contributed by atoms with Crippen molar-refractivity contribution in [3.05, 3.63) is 0 Å². The summed E-state index contributed by atoms with van der Waals surface area (Å²) in [6.45, 7) is 2.24. The smallest absolute Gasteiger partial charge is 0.176 e. The quantitative estimate of drug-likeness (QED) is 0.406. The molecule has 72 valence electrons. The minimum atomic E-state index is 0.942. The average molecular weight is 188 g/mol. The predicted molar refractivity (Wildman–Crippen MR) is 57.2 cm³/mol. The molecular formula is C10H20OS. The second-order valence-electron chi connectivity index (χ2n) is 3.09. The van der Waals surface area contributed by atoms with Crippen molar-refractivity contribution in [2.24, 2.45) is 0 Å². The van der Waals surface area contributed by atoms with Crippen molar-refractivity contribution in [2.45, 2.75) is 51.9 Å². The first-order chi connectivity index (χ1) is 5.91. The lowest BCUT2D eigenvalue weighted by Crippen LogP contribution is -1.82. The minimum Gasteiger partial charge on any atom is -0.291 e. The van der Waals surface area contributed by atoms with Crippen LogP contribution in [-0.4, -0.2) is 11.4 Å². The maximum Gasteiger partial charge on any atom is 0.176 e. The molecule has 0 saturated carbocycles. The summed E-state index contributed by atoms with van der Waals surface area (Å²) in [7, 11) is 0. The maximum atomic E-state index is 9.94. The third-order valence-corrected chi connectivity index (χ3v) is 2.59. The molecule has 0 spiro atoms. The summed E-state index contributed by atoms with van der Waals surface area (Å²) in [5, 5.41) is 0. The molecule has 0 heterocycles. The summed E-state index contributed by atoms with van der Waals surface area (Å²) < 4.78 is 0. The van der Waals surface area contributed by atoms with Gasteiger partial charge >= 0.3 is 0 Å². The van der Waals surface area contributed by atoms with Gasteiger partial charge in [-0.05, 0) is 6.42 Å². The van der Waals surface area contributed by atoms with Gasteiger partial charge in [-0.25, -0.2) is 0 Å². The molecule has 0 bridgehead atoms. The van der Waals surface area contributed by atoms with Gasteiger partial charge in [-0.1, -0.05) is 57.2 Å². The zero-order valence-electron chi connectivity index (χ0n) is 8.05. The zero-order valence-corrected chi connectivity index (χ0v) is 8.87. The fraction of sp³-hybridized carbons (Fsp3) is 0.900. The molecule has 0 aromatic heterocycles. The van der Waals surface area contributed by atoms with Gasteiger partial charge in [0.1, 0.15) is 0 Å². The Labute approximate surface area is 80.3 Å². The summed E-state index contributed by atoms with van der Waals surface area (Å²) in [5.41, 5.74) is 0.942. The lowest BCUT2D eigenvalue weighted by molar-refractivity contribution is 0.569. The van der Waals surface area contributed by atoms with Gasteiger partial charge in [-0.15, -0.1) is 0 Å². The molecule has 0 aliphatic carbocycles. The number of hydrogen-bond donors (Lipinski definition) is 0. The van der Waals surface area contributed by atoms with Crippen molar-refractivity contribution in [3.63, 3.8) is 0 Å². The topological polar surface area (TPSA) is 17.1 Å². The van der Waals surface area contributed by atoms with Crippen LogP contribution in [0.4, 0.5) is 0 Å². The van der Waals surface area contributed by atoms with E-state index in [1.54, 1.807) is 0 Å². The molecule has 0 aromatic rings. The second-order valence-corrected chi connectivity index (χ2v) is 4.02. The van der Waals surface area contributed by atoms with Crippen LogP contribution < -0.4 is 0 Å². The van der Waals surface area contributed by atoms with Crippen LogP contribution in [0.15, 0.2) is 0 Å². The largest absolute Gasteiger partial charge is 0.291 e. The van der Waals surface area contributed by atoms with E-state index in [0.717, 1.165) is 11.4 Å². The predicted octanol–water partition coefficient (Wildman–Crippen LogP) is 3.66. The molecule has 0 aromatic carbocycles. The first kappa shape index (κ1) is 12.0. The third-order valence-electron chi connectivity index (χ3n) is 1.93. The molecule has 0 aliphatic heterocycles. The summed E-state index contributed by atoms with van der Waals surface area (Å²) in [6, 6.07) is 0. The SMILES string of the molecule is CCCCCCCCCSC=O. The molecule has 0 saturated heterocycles. The van der Waals surface area contributed by atoms with E-state index < -0.39 is 0 Å². The van der Waals surface area contributed by atoms with E-state index in [2.05, 4.69) is 6.92 Å². The monoisotopic (exact) mass is 188 g/mol. The Hall–Kier alpha value is 0.0200. The van der Waals surface area contributed by atoms with Gasteiger partial charge in [0, 0.05) is 5.75 Å². The summed E-state index contributed by atoms with van der Waals surface area (Å²) >= 11 is 1.40. The number of hydrogen-bond acceptors (Lipinski definition) is 2. The summed E-state index contributed by atoms with van der Waals surface area (Å²) in [6.07, 6.45) is 9.31. The Balaban J connectivity index is 2.77. The number of rotatable bonds is 9. The van der Waals surface area contributed by atoms with E-state index in [1.165, 1.54) is 56.7 Å². The molecule has 0 amide bonds. The molecule has 0 N–H and O–H groups in total. The van der Waals surface area contributed by atoms with E-state index in [4.69, 9.17) is 0 Å². The molecule has 12 heavy (non-hydrogen) atoms. The van der Waals surface area contributed by atoms with Crippen LogP contribution in [0.5, 0.6) is 0 Å².